The molecule has 2 heterocycles. The predicted molar refractivity (Wildman–Crippen MR) is 59.4 cm³/mol. The van der Waals surface area contributed by atoms with E-state index < -0.39 is 0 Å². The monoisotopic (exact) mass is 226 g/mol. The van der Waals surface area contributed by atoms with Gasteiger partial charge in [0, 0.05) is 27.2 Å². The number of aromatic nitrogens is 2. The lowest BCUT2D eigenvalue weighted by Crippen LogP contribution is -2.18. The molecular formula is C10H18N4O2. The lowest BCUT2D eigenvalue weighted by atomic mass is 10.2. The van der Waals surface area contributed by atoms with Crippen LogP contribution in [0, 0.1) is 0 Å². The first-order valence-electron chi connectivity index (χ1n) is 5.55. The maximum atomic E-state index is 5.28. The van der Waals surface area contributed by atoms with E-state index in [9.17, 15) is 0 Å². The van der Waals surface area contributed by atoms with Gasteiger partial charge in [0.05, 0.1) is 12.1 Å². The number of rotatable bonds is 4. The van der Waals surface area contributed by atoms with Gasteiger partial charge in [0.2, 0.25) is 5.89 Å². The average Bonchev–Trinajstić information content (AvgIpc) is 2.95. The molecule has 0 aliphatic carbocycles. The van der Waals surface area contributed by atoms with Crippen molar-refractivity contribution in [2.24, 2.45) is 0 Å². The van der Waals surface area contributed by atoms with Gasteiger partial charge in [-0.3, -0.25) is 0 Å². The number of nitrogens with zero attached hydrogens (tertiary/aromatic N) is 3. The molecule has 0 radical (unpaired) electrons. The first-order chi connectivity index (χ1) is 7.74. The van der Waals surface area contributed by atoms with Crippen molar-refractivity contribution in [3.63, 3.8) is 0 Å². The van der Waals surface area contributed by atoms with Gasteiger partial charge in [0.25, 0.3) is 5.95 Å². The first kappa shape index (κ1) is 11.3. The number of methoxy groups -OCH3 is 1. The number of nitrogens with one attached hydrogen (secondary N) is 1. The molecule has 1 aliphatic heterocycles. The third-order valence-electron chi connectivity index (χ3n) is 2.97. The molecular weight excluding hydrogens is 208 g/mol. The van der Waals surface area contributed by atoms with Crippen LogP contribution in [0.2, 0.25) is 0 Å². The molecule has 1 aromatic heterocycles. The Morgan fingerprint density at radius 2 is 2.44 bits per heavy atom. The summed E-state index contributed by atoms with van der Waals surface area (Å²) in [4.78, 5) is 6.30. The molecule has 2 rings (SSSR count). The molecule has 0 spiro atoms. The van der Waals surface area contributed by atoms with Crippen LogP contribution in [-0.2, 0) is 4.74 Å². The van der Waals surface area contributed by atoms with Crippen molar-refractivity contribution in [3.8, 4) is 0 Å². The van der Waals surface area contributed by atoms with Crippen molar-refractivity contribution >= 4 is 5.95 Å². The van der Waals surface area contributed by atoms with Gasteiger partial charge in [0.1, 0.15) is 0 Å². The highest BCUT2D eigenvalue weighted by Crippen LogP contribution is 2.24. The molecule has 6 heteroatoms. The Morgan fingerprint density at radius 3 is 3.06 bits per heavy atom. The van der Waals surface area contributed by atoms with E-state index in [4.69, 9.17) is 9.26 Å². The summed E-state index contributed by atoms with van der Waals surface area (Å²) in [6, 6.07) is 0.122. The molecule has 2 atom stereocenters. The fourth-order valence-electron chi connectivity index (χ4n) is 1.74. The molecule has 1 N–H and O–H groups in total. The summed E-state index contributed by atoms with van der Waals surface area (Å²) in [5.41, 5.74) is 0. The maximum absolute atomic E-state index is 5.28. The molecule has 1 aromatic rings. The Balaban J connectivity index is 2.02. The Labute approximate surface area is 95.0 Å². The highest BCUT2D eigenvalue weighted by atomic mass is 16.5. The van der Waals surface area contributed by atoms with Crippen molar-refractivity contribution in [2.45, 2.75) is 25.5 Å². The van der Waals surface area contributed by atoms with Gasteiger partial charge in [-0.25, -0.2) is 0 Å². The zero-order chi connectivity index (χ0) is 11.5. The van der Waals surface area contributed by atoms with Gasteiger partial charge in [0.15, 0.2) is 0 Å². The topological polar surface area (TPSA) is 63.4 Å². The van der Waals surface area contributed by atoms with Crippen LogP contribution in [0.5, 0.6) is 0 Å². The van der Waals surface area contributed by atoms with E-state index in [-0.39, 0.29) is 12.1 Å². The Bertz CT molecular complexity index is 341. The second-order valence-corrected chi connectivity index (χ2v) is 4.00. The maximum Gasteiger partial charge on any atom is 0.265 e. The summed E-state index contributed by atoms with van der Waals surface area (Å²) in [5, 5.41) is 7.25. The van der Waals surface area contributed by atoms with Crippen LogP contribution in [0.25, 0.3) is 0 Å². The van der Waals surface area contributed by atoms with Crippen molar-refractivity contribution in [3.05, 3.63) is 5.89 Å². The molecule has 1 saturated heterocycles. The lowest BCUT2D eigenvalue weighted by molar-refractivity contribution is 0.116. The summed E-state index contributed by atoms with van der Waals surface area (Å²) >= 11 is 0. The fourth-order valence-corrected chi connectivity index (χ4v) is 1.74. The zero-order valence-electron chi connectivity index (χ0n) is 9.93. The summed E-state index contributed by atoms with van der Waals surface area (Å²) in [6.07, 6.45) is 1.12. The third kappa shape index (κ3) is 2.17. The standard InChI is InChI=1S/C10H18N4O2/c1-4-14(2)10-12-9(16-13-10)8-5-7(15-3)6-11-8/h7-8,11H,4-6H2,1-3H3. The molecule has 1 fully saturated rings. The molecule has 90 valence electrons. The van der Waals surface area contributed by atoms with Gasteiger partial charge in [-0.05, 0) is 18.5 Å². The molecule has 2 unspecified atom stereocenters. The Hall–Kier alpha value is -1.14. The van der Waals surface area contributed by atoms with Gasteiger partial charge in [-0.1, -0.05) is 0 Å². The molecule has 0 amide bonds. The van der Waals surface area contributed by atoms with E-state index in [1.165, 1.54) is 0 Å². The minimum atomic E-state index is 0.122. The molecule has 6 nitrogen and oxygen atoms in total. The first-order valence-corrected chi connectivity index (χ1v) is 5.55. The molecule has 0 saturated carbocycles. The lowest BCUT2D eigenvalue weighted by Gasteiger charge is -2.09. The second kappa shape index (κ2) is 4.80. The summed E-state index contributed by atoms with van der Waals surface area (Å²) in [6.45, 7) is 3.74. The van der Waals surface area contributed by atoms with E-state index in [0.29, 0.717) is 11.8 Å². The molecule has 0 bridgehead atoms. The highest BCUT2D eigenvalue weighted by molar-refractivity contribution is 5.25. The molecule has 0 aromatic carbocycles. The van der Waals surface area contributed by atoms with Crippen LogP contribution in [0.3, 0.4) is 0 Å². The van der Waals surface area contributed by atoms with Gasteiger partial charge in [-0.2, -0.15) is 4.98 Å². The van der Waals surface area contributed by atoms with E-state index in [1.807, 2.05) is 18.9 Å². The largest absolute Gasteiger partial charge is 0.380 e. The molecule has 1 aliphatic rings. The van der Waals surface area contributed by atoms with Crippen LogP contribution in [0.15, 0.2) is 4.52 Å². The number of hydrogen-bond donors (Lipinski definition) is 1. The minimum absolute atomic E-state index is 0.122. The quantitative estimate of drug-likeness (QED) is 0.810. The normalized spacial score (nSPS) is 24.9. The SMILES string of the molecule is CCN(C)c1noc(C2CC(OC)CN2)n1. The fraction of sp³-hybridized carbons (Fsp3) is 0.800. The van der Waals surface area contributed by atoms with Crippen LogP contribution in [0.4, 0.5) is 5.95 Å². The van der Waals surface area contributed by atoms with Crippen LogP contribution < -0.4 is 10.2 Å². The van der Waals surface area contributed by atoms with Gasteiger partial charge in [-0.15, -0.1) is 0 Å². The predicted octanol–water partition coefficient (Wildman–Crippen LogP) is 0.575. The number of hydrogen-bond acceptors (Lipinski definition) is 6. The van der Waals surface area contributed by atoms with Crippen molar-refractivity contribution in [1.82, 2.24) is 15.5 Å². The van der Waals surface area contributed by atoms with Crippen molar-refractivity contribution < 1.29 is 9.26 Å². The van der Waals surface area contributed by atoms with E-state index in [0.717, 1.165) is 19.5 Å². The van der Waals surface area contributed by atoms with Crippen LogP contribution in [-0.4, -0.2) is 43.5 Å². The molecule has 16 heavy (non-hydrogen) atoms. The smallest absolute Gasteiger partial charge is 0.265 e. The zero-order valence-corrected chi connectivity index (χ0v) is 9.93. The Kier molecular flexibility index (Phi) is 3.40. The summed E-state index contributed by atoms with van der Waals surface area (Å²) in [5.74, 6) is 1.29. The van der Waals surface area contributed by atoms with Crippen molar-refractivity contribution in [1.29, 1.82) is 0 Å². The van der Waals surface area contributed by atoms with E-state index in [2.05, 4.69) is 15.5 Å². The minimum Gasteiger partial charge on any atom is -0.380 e. The highest BCUT2D eigenvalue weighted by Gasteiger charge is 2.29. The van der Waals surface area contributed by atoms with E-state index >= 15 is 0 Å². The third-order valence-corrected chi connectivity index (χ3v) is 2.97. The van der Waals surface area contributed by atoms with Crippen LogP contribution in [0.1, 0.15) is 25.3 Å². The average molecular weight is 226 g/mol. The van der Waals surface area contributed by atoms with Crippen LogP contribution >= 0.6 is 0 Å². The number of ether oxygens (including phenoxy) is 1. The van der Waals surface area contributed by atoms with Crippen molar-refractivity contribution in [2.75, 3.05) is 32.1 Å². The second-order valence-electron chi connectivity index (χ2n) is 4.00. The number of anilines is 1. The Morgan fingerprint density at radius 1 is 1.62 bits per heavy atom. The van der Waals surface area contributed by atoms with Gasteiger partial charge >= 0.3 is 0 Å². The van der Waals surface area contributed by atoms with E-state index in [1.54, 1.807) is 7.11 Å². The summed E-state index contributed by atoms with van der Waals surface area (Å²) < 4.78 is 10.5. The van der Waals surface area contributed by atoms with Gasteiger partial charge < -0.3 is 19.5 Å². The summed E-state index contributed by atoms with van der Waals surface area (Å²) in [7, 11) is 3.66.